The van der Waals surface area contributed by atoms with Crippen molar-refractivity contribution in [3.05, 3.63) is 36.0 Å². The minimum atomic E-state index is 0. The van der Waals surface area contributed by atoms with Gasteiger partial charge in [0.1, 0.15) is 5.69 Å². The lowest BCUT2D eigenvalue weighted by molar-refractivity contribution is 0.651. The van der Waals surface area contributed by atoms with Crippen molar-refractivity contribution in [2.45, 2.75) is 6.92 Å². The molecule has 6 nitrogen and oxygen atoms in total. The number of piperazine rings is 1. The average Bonchev–Trinajstić information content (AvgIpc) is 2.48. The van der Waals surface area contributed by atoms with Gasteiger partial charge in [0.05, 0.1) is 5.69 Å². The fourth-order valence-electron chi connectivity index (χ4n) is 2.83. The van der Waals surface area contributed by atoms with Crippen molar-refractivity contribution < 1.29 is 0 Å². The molecule has 3 rings (SSSR count). The van der Waals surface area contributed by atoms with E-state index < -0.39 is 0 Å². The number of hydrogen-bond acceptors (Lipinski definition) is 6. The predicted octanol–water partition coefficient (Wildman–Crippen LogP) is 1.70. The lowest BCUT2D eigenvalue weighted by Crippen LogP contribution is -2.47. The molecule has 4 N–H and O–H groups in total. The highest BCUT2D eigenvalue weighted by Crippen LogP contribution is 2.27. The van der Waals surface area contributed by atoms with Crippen LogP contribution in [0.2, 0.25) is 0 Å². The quantitative estimate of drug-likeness (QED) is 0.876. The summed E-state index contributed by atoms with van der Waals surface area (Å²) in [4.78, 5) is 12.9. The Hall–Kier alpha value is -2.21. The van der Waals surface area contributed by atoms with Gasteiger partial charge in [0, 0.05) is 31.9 Å². The summed E-state index contributed by atoms with van der Waals surface area (Å²) in [5.41, 5.74) is 14.7. The molecule has 2 heterocycles. The normalized spacial score (nSPS) is 14.6. The summed E-state index contributed by atoms with van der Waals surface area (Å²) in [5, 5.41) is 0. The Balaban J connectivity index is 0.00000176. The van der Waals surface area contributed by atoms with Gasteiger partial charge in [0.25, 0.3) is 0 Å². The Kier molecular flexibility index (Phi) is 4.92. The average molecular weight is 321 g/mol. The third-order valence-electron chi connectivity index (χ3n) is 3.82. The van der Waals surface area contributed by atoms with Gasteiger partial charge >= 0.3 is 0 Å². The summed E-state index contributed by atoms with van der Waals surface area (Å²) < 4.78 is 0. The largest absolute Gasteiger partial charge is 0.382 e. The van der Waals surface area contributed by atoms with E-state index in [-0.39, 0.29) is 18.4 Å². The number of nitrogens with two attached hydrogens (primary N) is 2. The molecule has 2 aromatic rings. The molecule has 1 aliphatic heterocycles. The summed E-state index contributed by atoms with van der Waals surface area (Å²) in [6.07, 6.45) is 0. The highest BCUT2D eigenvalue weighted by molar-refractivity contribution is 5.85. The molecule has 0 amide bonds. The molecule has 0 spiro atoms. The van der Waals surface area contributed by atoms with E-state index in [1.165, 1.54) is 5.69 Å². The first-order chi connectivity index (χ1) is 10.1. The van der Waals surface area contributed by atoms with Crippen LogP contribution in [0, 0.1) is 6.92 Å². The first kappa shape index (κ1) is 16.2. The van der Waals surface area contributed by atoms with E-state index in [0.717, 1.165) is 37.6 Å². The molecule has 0 bridgehead atoms. The number of para-hydroxylation sites is 1. The molecule has 0 aliphatic carbocycles. The smallest absolute Gasteiger partial charge is 0.222 e. The minimum Gasteiger partial charge on any atom is -0.382 e. The molecular weight excluding hydrogens is 300 g/mol. The number of aromatic nitrogens is 2. The third kappa shape index (κ3) is 3.17. The number of benzene rings is 1. The lowest BCUT2D eigenvalue weighted by Gasteiger charge is -2.38. The van der Waals surface area contributed by atoms with Gasteiger partial charge in [-0.25, -0.2) is 4.98 Å². The summed E-state index contributed by atoms with van der Waals surface area (Å²) in [6, 6.07) is 10.5. The van der Waals surface area contributed by atoms with Crippen molar-refractivity contribution in [3.63, 3.8) is 0 Å². The highest BCUT2D eigenvalue weighted by atomic mass is 35.5. The number of aryl methyl sites for hydroxylation is 1. The second-order valence-electron chi connectivity index (χ2n) is 5.21. The molecular formula is C15H21ClN6. The Bertz CT molecular complexity index is 602. The molecule has 1 aromatic heterocycles. The van der Waals surface area contributed by atoms with Crippen LogP contribution in [0.25, 0.3) is 0 Å². The molecule has 1 saturated heterocycles. The van der Waals surface area contributed by atoms with Crippen molar-refractivity contribution in [1.29, 1.82) is 0 Å². The summed E-state index contributed by atoms with van der Waals surface area (Å²) in [5.74, 6) is 0.699. The summed E-state index contributed by atoms with van der Waals surface area (Å²) in [6.45, 7) is 5.62. The number of hydrogen-bond donors (Lipinski definition) is 2. The monoisotopic (exact) mass is 320 g/mol. The zero-order valence-corrected chi connectivity index (χ0v) is 13.4. The van der Waals surface area contributed by atoms with E-state index in [0.29, 0.717) is 5.82 Å². The molecule has 1 aliphatic rings. The van der Waals surface area contributed by atoms with Gasteiger partial charge in [-0.3, -0.25) is 0 Å². The van der Waals surface area contributed by atoms with Crippen LogP contribution in [0.1, 0.15) is 5.69 Å². The van der Waals surface area contributed by atoms with Crippen LogP contribution in [0.3, 0.4) is 0 Å². The Labute approximate surface area is 136 Å². The molecule has 7 heteroatoms. The molecule has 118 valence electrons. The van der Waals surface area contributed by atoms with E-state index in [1.54, 1.807) is 0 Å². The van der Waals surface area contributed by atoms with Gasteiger partial charge in [-0.1, -0.05) is 18.2 Å². The third-order valence-corrected chi connectivity index (χ3v) is 3.82. The van der Waals surface area contributed by atoms with Gasteiger partial charge in [0.2, 0.25) is 5.95 Å². The Morgan fingerprint density at radius 2 is 1.50 bits per heavy atom. The van der Waals surface area contributed by atoms with Crippen molar-refractivity contribution in [2.24, 2.45) is 0 Å². The number of anilines is 4. The second-order valence-corrected chi connectivity index (χ2v) is 5.21. The van der Waals surface area contributed by atoms with Crippen LogP contribution in [0.15, 0.2) is 30.3 Å². The fourth-order valence-corrected chi connectivity index (χ4v) is 2.83. The number of nitrogen functional groups attached to an aromatic ring is 2. The maximum Gasteiger partial charge on any atom is 0.222 e. The van der Waals surface area contributed by atoms with E-state index >= 15 is 0 Å². The van der Waals surface area contributed by atoms with Crippen molar-refractivity contribution in [2.75, 3.05) is 47.4 Å². The van der Waals surface area contributed by atoms with Gasteiger partial charge in [-0.15, -0.1) is 12.4 Å². The minimum absolute atomic E-state index is 0. The fraction of sp³-hybridized carbons (Fsp3) is 0.333. The van der Waals surface area contributed by atoms with Gasteiger partial charge < -0.3 is 21.3 Å². The van der Waals surface area contributed by atoms with Crippen molar-refractivity contribution in [3.8, 4) is 0 Å². The number of halogens is 1. The van der Waals surface area contributed by atoms with E-state index in [1.807, 2.05) is 13.0 Å². The molecule has 0 unspecified atom stereocenters. The van der Waals surface area contributed by atoms with Crippen LogP contribution in [0.4, 0.5) is 23.1 Å². The second kappa shape index (κ2) is 6.70. The molecule has 1 aromatic carbocycles. The van der Waals surface area contributed by atoms with Crippen LogP contribution in [-0.4, -0.2) is 36.1 Å². The number of rotatable bonds is 2. The van der Waals surface area contributed by atoms with Gasteiger partial charge in [-0.05, 0) is 19.1 Å². The topological polar surface area (TPSA) is 84.3 Å². The van der Waals surface area contributed by atoms with Crippen molar-refractivity contribution in [1.82, 2.24) is 9.97 Å². The zero-order chi connectivity index (χ0) is 14.8. The van der Waals surface area contributed by atoms with E-state index in [9.17, 15) is 0 Å². The first-order valence-electron chi connectivity index (χ1n) is 7.09. The van der Waals surface area contributed by atoms with E-state index in [4.69, 9.17) is 11.5 Å². The zero-order valence-electron chi connectivity index (χ0n) is 12.6. The SMILES string of the molecule is Cc1nc(N)nc(N)c1N1CCN(c2ccccc2)CC1.Cl. The molecule has 0 atom stereocenters. The highest BCUT2D eigenvalue weighted by Gasteiger charge is 2.21. The van der Waals surface area contributed by atoms with E-state index in [2.05, 4.69) is 44.0 Å². The predicted molar refractivity (Wildman–Crippen MR) is 93.7 cm³/mol. The van der Waals surface area contributed by atoms with Crippen molar-refractivity contribution >= 4 is 35.5 Å². The van der Waals surface area contributed by atoms with Crippen LogP contribution in [0.5, 0.6) is 0 Å². The van der Waals surface area contributed by atoms with Gasteiger partial charge in [-0.2, -0.15) is 4.98 Å². The summed E-state index contributed by atoms with van der Waals surface area (Å²) in [7, 11) is 0. The molecule has 0 radical (unpaired) electrons. The van der Waals surface area contributed by atoms with Crippen LogP contribution < -0.4 is 21.3 Å². The molecule has 22 heavy (non-hydrogen) atoms. The number of nitrogens with zero attached hydrogens (tertiary/aromatic N) is 4. The maximum atomic E-state index is 6.01. The maximum absolute atomic E-state index is 6.01. The Morgan fingerprint density at radius 3 is 2.09 bits per heavy atom. The lowest BCUT2D eigenvalue weighted by atomic mass is 10.2. The standard InChI is InChI=1S/C15H20N6.ClH/c1-11-13(14(16)19-15(17)18-11)21-9-7-20(8-10-21)12-5-3-2-4-6-12;/h2-6H,7-10H2,1H3,(H4,16,17,18,19);1H. The Morgan fingerprint density at radius 1 is 0.909 bits per heavy atom. The molecule has 1 fully saturated rings. The molecule has 0 saturated carbocycles. The van der Waals surface area contributed by atoms with Crippen LogP contribution in [-0.2, 0) is 0 Å². The first-order valence-corrected chi connectivity index (χ1v) is 7.09. The van der Waals surface area contributed by atoms with Gasteiger partial charge in [0.15, 0.2) is 5.82 Å². The summed E-state index contributed by atoms with van der Waals surface area (Å²) >= 11 is 0. The van der Waals surface area contributed by atoms with Crippen LogP contribution >= 0.6 is 12.4 Å².